The lowest BCUT2D eigenvalue weighted by Crippen LogP contribution is -2.18. The number of hydrogen-bond donors (Lipinski definition) is 1. The fraction of sp³-hybridized carbons (Fsp3) is 0.714. The van der Waals surface area contributed by atoms with Gasteiger partial charge in [0.1, 0.15) is 12.7 Å². The molecule has 70 valence electrons. The van der Waals surface area contributed by atoms with Crippen molar-refractivity contribution in [1.82, 2.24) is 0 Å². The van der Waals surface area contributed by atoms with Gasteiger partial charge in [0, 0.05) is 6.42 Å². The highest BCUT2D eigenvalue weighted by molar-refractivity contribution is 4.92. The highest BCUT2D eigenvalue weighted by Gasteiger charge is 2.27. The van der Waals surface area contributed by atoms with Crippen LogP contribution in [0, 0.1) is 12.3 Å². The topological polar surface area (TPSA) is 29.5 Å². The van der Waals surface area contributed by atoms with Crippen LogP contribution in [0.5, 0.6) is 0 Å². The molecule has 0 spiro atoms. The second kappa shape index (κ2) is 5.01. The molecule has 0 saturated heterocycles. The van der Waals surface area contributed by atoms with Crippen molar-refractivity contribution in [3.8, 4) is 12.3 Å². The molecule has 0 aromatic heterocycles. The van der Waals surface area contributed by atoms with E-state index in [1.165, 1.54) is 0 Å². The van der Waals surface area contributed by atoms with Gasteiger partial charge in [0.2, 0.25) is 0 Å². The first kappa shape index (κ1) is 11.3. The molecule has 0 saturated carbocycles. The van der Waals surface area contributed by atoms with Crippen molar-refractivity contribution in [2.45, 2.75) is 18.7 Å². The molecule has 0 aliphatic heterocycles. The predicted molar refractivity (Wildman–Crippen MR) is 36.3 cm³/mol. The normalized spacial score (nSPS) is 13.9. The average molecular weight is 182 g/mol. The first-order valence-electron chi connectivity index (χ1n) is 3.24. The van der Waals surface area contributed by atoms with E-state index in [9.17, 15) is 13.2 Å². The lowest BCUT2D eigenvalue weighted by Gasteiger charge is -2.07. The second-order valence-electron chi connectivity index (χ2n) is 2.14. The molecule has 0 amide bonds. The van der Waals surface area contributed by atoms with Crippen LogP contribution in [0.15, 0.2) is 0 Å². The molecule has 2 nitrogen and oxygen atoms in total. The van der Waals surface area contributed by atoms with E-state index in [-0.39, 0.29) is 13.0 Å². The molecule has 1 N–H and O–H groups in total. The Hall–Kier alpha value is -0.730. The minimum absolute atomic E-state index is 0.0204. The molecule has 0 heterocycles. The van der Waals surface area contributed by atoms with Crippen LogP contribution in [-0.2, 0) is 4.74 Å². The van der Waals surface area contributed by atoms with Gasteiger partial charge in [-0.1, -0.05) is 5.92 Å². The maximum Gasteiger partial charge on any atom is 0.411 e. The molecule has 1 unspecified atom stereocenters. The van der Waals surface area contributed by atoms with Crippen LogP contribution >= 0.6 is 0 Å². The maximum absolute atomic E-state index is 11.4. The van der Waals surface area contributed by atoms with Gasteiger partial charge in [0.25, 0.3) is 0 Å². The summed E-state index contributed by atoms with van der Waals surface area (Å²) in [5.74, 6) is 1.96. The predicted octanol–water partition coefficient (Wildman–Crippen LogP) is 0.950. The van der Waals surface area contributed by atoms with Crippen LogP contribution in [0.1, 0.15) is 6.42 Å². The number of aliphatic hydroxyl groups is 1. The van der Waals surface area contributed by atoms with E-state index in [4.69, 9.17) is 11.5 Å². The third-order valence-electron chi connectivity index (χ3n) is 0.994. The highest BCUT2D eigenvalue weighted by atomic mass is 19.4. The fourth-order valence-electron chi connectivity index (χ4n) is 0.466. The maximum atomic E-state index is 11.4. The van der Waals surface area contributed by atoms with Crippen molar-refractivity contribution in [3.63, 3.8) is 0 Å². The monoisotopic (exact) mass is 182 g/mol. The molecule has 0 bridgehead atoms. The van der Waals surface area contributed by atoms with Crippen molar-refractivity contribution in [3.05, 3.63) is 0 Å². The first-order valence-corrected chi connectivity index (χ1v) is 3.24. The molecule has 0 aliphatic rings. The lowest BCUT2D eigenvalue weighted by molar-refractivity contribution is -0.174. The van der Waals surface area contributed by atoms with E-state index in [1.54, 1.807) is 0 Å². The molecule has 0 rings (SSSR count). The van der Waals surface area contributed by atoms with Crippen LogP contribution in [0.4, 0.5) is 13.2 Å². The van der Waals surface area contributed by atoms with Crippen molar-refractivity contribution >= 4 is 0 Å². The minimum atomic E-state index is -4.32. The third-order valence-corrected chi connectivity index (χ3v) is 0.994. The van der Waals surface area contributed by atoms with Gasteiger partial charge in [-0.3, -0.25) is 0 Å². The molecular weight excluding hydrogens is 173 g/mol. The number of hydrogen-bond acceptors (Lipinski definition) is 2. The molecule has 0 fully saturated rings. The number of ether oxygens (including phenoxy) is 1. The Labute approximate surface area is 68.3 Å². The lowest BCUT2D eigenvalue weighted by atomic mass is 10.3. The smallest absolute Gasteiger partial charge is 0.380 e. The molecular formula is C7H9F3O2. The van der Waals surface area contributed by atoms with E-state index in [0.717, 1.165) is 0 Å². The zero-order valence-corrected chi connectivity index (χ0v) is 6.27. The van der Waals surface area contributed by atoms with E-state index in [2.05, 4.69) is 4.74 Å². The molecule has 0 aromatic rings. The summed E-state index contributed by atoms with van der Waals surface area (Å²) >= 11 is 0. The van der Waals surface area contributed by atoms with Gasteiger partial charge in [-0.15, -0.1) is 6.42 Å². The zero-order chi connectivity index (χ0) is 9.61. The Bertz CT molecular complexity index is 159. The molecule has 12 heavy (non-hydrogen) atoms. The quantitative estimate of drug-likeness (QED) is 0.518. The largest absolute Gasteiger partial charge is 0.411 e. The van der Waals surface area contributed by atoms with Crippen LogP contribution in [0.2, 0.25) is 0 Å². The Morgan fingerprint density at radius 1 is 1.50 bits per heavy atom. The summed E-state index contributed by atoms with van der Waals surface area (Å²) in [4.78, 5) is 0. The Morgan fingerprint density at radius 2 is 2.08 bits per heavy atom. The summed E-state index contributed by atoms with van der Waals surface area (Å²) < 4.78 is 38.5. The summed E-state index contributed by atoms with van der Waals surface area (Å²) in [5, 5.41) is 8.69. The first-order chi connectivity index (χ1) is 5.45. The van der Waals surface area contributed by atoms with Crippen molar-refractivity contribution < 1.29 is 23.0 Å². The number of rotatable bonds is 4. The number of aliphatic hydroxyl groups excluding tert-OH is 1. The summed E-state index contributed by atoms with van der Waals surface area (Å²) in [6, 6.07) is 0. The van der Waals surface area contributed by atoms with Crippen LogP contribution in [0.25, 0.3) is 0 Å². The van der Waals surface area contributed by atoms with Crippen LogP contribution in [-0.4, -0.2) is 30.6 Å². The Morgan fingerprint density at radius 3 is 2.50 bits per heavy atom. The van der Waals surface area contributed by atoms with Gasteiger partial charge in [-0.2, -0.15) is 13.2 Å². The SMILES string of the molecule is C#CC(O)CCOCC(F)(F)F. The summed E-state index contributed by atoms with van der Waals surface area (Å²) in [6.07, 6.45) is -0.565. The molecule has 0 radical (unpaired) electrons. The van der Waals surface area contributed by atoms with Gasteiger partial charge in [-0.05, 0) is 0 Å². The fourth-order valence-corrected chi connectivity index (χ4v) is 0.466. The van der Waals surface area contributed by atoms with E-state index in [1.807, 2.05) is 5.92 Å². The van der Waals surface area contributed by atoms with Gasteiger partial charge in [0.05, 0.1) is 6.61 Å². The zero-order valence-electron chi connectivity index (χ0n) is 6.27. The molecule has 5 heteroatoms. The molecule has 0 aromatic carbocycles. The summed E-state index contributed by atoms with van der Waals surface area (Å²) in [5.41, 5.74) is 0. The van der Waals surface area contributed by atoms with Crippen molar-refractivity contribution in [2.75, 3.05) is 13.2 Å². The molecule has 0 aliphatic carbocycles. The summed E-state index contributed by atoms with van der Waals surface area (Å²) in [7, 11) is 0. The molecule has 1 atom stereocenters. The van der Waals surface area contributed by atoms with Gasteiger partial charge in [0.15, 0.2) is 0 Å². The van der Waals surface area contributed by atoms with Crippen LogP contribution in [0.3, 0.4) is 0 Å². The van der Waals surface area contributed by atoms with E-state index >= 15 is 0 Å². The van der Waals surface area contributed by atoms with Crippen molar-refractivity contribution in [2.24, 2.45) is 0 Å². The number of alkyl halides is 3. The Balaban J connectivity index is 3.29. The van der Waals surface area contributed by atoms with Gasteiger partial charge in [-0.25, -0.2) is 0 Å². The van der Waals surface area contributed by atoms with E-state index < -0.39 is 18.9 Å². The third kappa shape index (κ3) is 7.38. The summed E-state index contributed by atoms with van der Waals surface area (Å²) in [6.45, 7) is -1.49. The number of halogens is 3. The van der Waals surface area contributed by atoms with Gasteiger partial charge < -0.3 is 9.84 Å². The van der Waals surface area contributed by atoms with Crippen LogP contribution < -0.4 is 0 Å². The van der Waals surface area contributed by atoms with Crippen molar-refractivity contribution in [1.29, 1.82) is 0 Å². The second-order valence-corrected chi connectivity index (χ2v) is 2.14. The average Bonchev–Trinajstić information content (AvgIpc) is 1.96. The van der Waals surface area contributed by atoms with Gasteiger partial charge >= 0.3 is 6.18 Å². The Kier molecular flexibility index (Phi) is 4.71. The van der Waals surface area contributed by atoms with E-state index in [0.29, 0.717) is 0 Å². The standard InChI is InChI=1S/C7H9F3O2/c1-2-6(11)3-4-12-5-7(8,9)10/h1,6,11H,3-5H2. The number of terminal acetylenes is 1. The minimum Gasteiger partial charge on any atom is -0.380 e. The highest BCUT2D eigenvalue weighted by Crippen LogP contribution is 2.14.